The molecule has 1 aromatic carbocycles. The first-order chi connectivity index (χ1) is 15.6. The summed E-state index contributed by atoms with van der Waals surface area (Å²) in [7, 11) is 2.81. The molecule has 1 rings (SSSR count). The number of hydroxylamine groups is 2. The van der Waals surface area contributed by atoms with E-state index in [-0.39, 0.29) is 19.6 Å². The Morgan fingerprint density at radius 2 is 1.76 bits per heavy atom. The lowest BCUT2D eigenvalue weighted by Gasteiger charge is -2.33. The van der Waals surface area contributed by atoms with Crippen molar-refractivity contribution in [2.24, 2.45) is 0 Å². The topological polar surface area (TPSA) is 94.6 Å². The average molecular weight is 467 g/mol. The Labute approximate surface area is 196 Å². The number of esters is 1. The molecule has 0 bridgehead atoms. The molecular weight excluding hydrogens is 428 g/mol. The fourth-order valence-corrected chi connectivity index (χ4v) is 2.98. The van der Waals surface area contributed by atoms with Crippen LogP contribution in [0, 0.1) is 0 Å². The van der Waals surface area contributed by atoms with Crippen LogP contribution in [0.25, 0.3) is 0 Å². The number of nitrogens with zero attached hydrogens (tertiary/aromatic N) is 2. The highest BCUT2D eigenvalue weighted by atomic mass is 16.7. The molecule has 0 saturated heterocycles. The fraction of sp³-hybridized carbons (Fsp3) is 0.625. The Morgan fingerprint density at radius 1 is 1.09 bits per heavy atom. The molecule has 9 heteroatoms. The van der Waals surface area contributed by atoms with Crippen LogP contribution in [0.1, 0.15) is 52.5 Å². The molecule has 0 heterocycles. The number of carbonyl (C=O) groups is 3. The molecule has 2 amide bonds. The number of benzene rings is 1. The molecule has 0 N–H and O–H groups in total. The number of carbonyl (C=O) groups excluding carboxylic acids is 3. The van der Waals surface area contributed by atoms with Gasteiger partial charge in [-0.3, -0.25) is 19.3 Å². The van der Waals surface area contributed by atoms with Gasteiger partial charge in [-0.15, -0.1) is 0 Å². The molecule has 0 fully saturated rings. The summed E-state index contributed by atoms with van der Waals surface area (Å²) < 4.78 is 16.3. The zero-order chi connectivity index (χ0) is 24.9. The molecule has 1 atom stereocenters. The van der Waals surface area contributed by atoms with Crippen LogP contribution in [0.15, 0.2) is 30.3 Å². The van der Waals surface area contributed by atoms with Crippen LogP contribution in [0.5, 0.6) is 0 Å². The lowest BCUT2D eigenvalue weighted by atomic mass is 10.1. The zero-order valence-electron chi connectivity index (χ0n) is 20.7. The Morgan fingerprint density at radius 3 is 2.33 bits per heavy atom. The van der Waals surface area contributed by atoms with Crippen LogP contribution >= 0.6 is 0 Å². The van der Waals surface area contributed by atoms with Crippen molar-refractivity contribution in [3.05, 3.63) is 35.9 Å². The molecule has 0 radical (unpaired) electrons. The van der Waals surface area contributed by atoms with E-state index in [9.17, 15) is 14.4 Å². The smallest absolute Gasteiger partial charge is 0.411 e. The summed E-state index contributed by atoms with van der Waals surface area (Å²) >= 11 is 0. The highest BCUT2D eigenvalue weighted by Gasteiger charge is 2.32. The minimum atomic E-state index is -0.765. The first-order valence-electron chi connectivity index (χ1n) is 11.1. The van der Waals surface area contributed by atoms with Crippen LogP contribution in [-0.4, -0.2) is 73.5 Å². The first-order valence-corrected chi connectivity index (χ1v) is 11.1. The predicted octanol–water partition coefficient (Wildman–Crippen LogP) is 3.56. The van der Waals surface area contributed by atoms with Gasteiger partial charge in [-0.1, -0.05) is 30.3 Å². The van der Waals surface area contributed by atoms with E-state index in [0.29, 0.717) is 26.1 Å². The highest BCUT2D eigenvalue weighted by Crippen LogP contribution is 2.18. The van der Waals surface area contributed by atoms with Crippen molar-refractivity contribution in [1.82, 2.24) is 9.96 Å². The maximum Gasteiger partial charge on any atom is 0.411 e. The van der Waals surface area contributed by atoms with E-state index in [4.69, 9.17) is 19.0 Å². The van der Waals surface area contributed by atoms with E-state index < -0.39 is 29.6 Å². The number of likely N-dealkylation sites (N-methyl/N-ethyl adjacent to an activating group) is 1. The van der Waals surface area contributed by atoms with E-state index in [1.807, 2.05) is 30.3 Å². The van der Waals surface area contributed by atoms with Gasteiger partial charge in [0.1, 0.15) is 12.1 Å². The summed E-state index contributed by atoms with van der Waals surface area (Å²) in [4.78, 5) is 44.0. The molecule has 0 aromatic heterocycles. The minimum absolute atomic E-state index is 0.0598. The van der Waals surface area contributed by atoms with Crippen molar-refractivity contribution in [2.45, 2.75) is 65.2 Å². The second kappa shape index (κ2) is 14.5. The van der Waals surface area contributed by atoms with E-state index in [1.54, 1.807) is 27.7 Å². The second-order valence-corrected chi connectivity index (χ2v) is 8.53. The normalized spacial score (nSPS) is 12.1. The largest absolute Gasteiger partial charge is 0.466 e. The summed E-state index contributed by atoms with van der Waals surface area (Å²) in [5.74, 6) is -0.897. The van der Waals surface area contributed by atoms with Crippen LogP contribution in [-0.2, 0) is 35.2 Å². The number of hydrogen-bond acceptors (Lipinski definition) is 7. The first kappa shape index (κ1) is 28.4. The third kappa shape index (κ3) is 11.7. The molecule has 0 unspecified atom stereocenters. The van der Waals surface area contributed by atoms with Gasteiger partial charge in [0.05, 0.1) is 26.7 Å². The van der Waals surface area contributed by atoms with Crippen molar-refractivity contribution >= 4 is 18.0 Å². The molecule has 33 heavy (non-hydrogen) atoms. The van der Waals surface area contributed by atoms with E-state index in [1.165, 1.54) is 19.1 Å². The van der Waals surface area contributed by atoms with E-state index in [0.717, 1.165) is 10.6 Å². The molecule has 0 aliphatic carbocycles. The lowest BCUT2D eigenvalue weighted by molar-refractivity contribution is -0.170. The Hall–Kier alpha value is -2.65. The third-order valence-corrected chi connectivity index (χ3v) is 4.64. The van der Waals surface area contributed by atoms with E-state index in [2.05, 4.69) is 0 Å². The van der Waals surface area contributed by atoms with Crippen molar-refractivity contribution < 1.29 is 33.4 Å². The minimum Gasteiger partial charge on any atom is -0.466 e. The number of ether oxygens (including phenoxy) is 3. The molecule has 0 aliphatic heterocycles. The lowest BCUT2D eigenvalue weighted by Crippen LogP contribution is -2.49. The maximum absolute atomic E-state index is 13.0. The quantitative estimate of drug-likeness (QED) is 0.249. The van der Waals surface area contributed by atoms with Gasteiger partial charge < -0.3 is 14.2 Å². The van der Waals surface area contributed by atoms with Crippen LogP contribution in [0.3, 0.4) is 0 Å². The van der Waals surface area contributed by atoms with Crippen molar-refractivity contribution in [2.75, 3.05) is 33.9 Å². The standard InChI is InChI=1S/C24H38N2O7/c1-7-32-22(28)16-20(14-11-15-31-18-19-12-9-8-10-13-19)26(17-21(27)25(5)30-6)23(29)33-24(2,3)4/h8-10,12-13,20H,7,11,14-18H2,1-6H3/t20-/m1/s1. The van der Waals surface area contributed by atoms with Gasteiger partial charge in [-0.05, 0) is 46.1 Å². The zero-order valence-corrected chi connectivity index (χ0v) is 20.7. The number of rotatable bonds is 13. The number of hydrogen-bond donors (Lipinski definition) is 0. The van der Waals surface area contributed by atoms with Gasteiger partial charge in [0, 0.05) is 19.7 Å². The van der Waals surface area contributed by atoms with Crippen LogP contribution in [0.4, 0.5) is 4.79 Å². The third-order valence-electron chi connectivity index (χ3n) is 4.64. The summed E-state index contributed by atoms with van der Waals surface area (Å²) in [6, 6.07) is 9.18. The molecule has 9 nitrogen and oxygen atoms in total. The Kier molecular flexibility index (Phi) is 12.5. The molecular formula is C24H38N2O7. The molecule has 186 valence electrons. The van der Waals surface area contributed by atoms with Crippen molar-refractivity contribution in [3.8, 4) is 0 Å². The summed E-state index contributed by atoms with van der Waals surface area (Å²) in [5, 5.41) is 1.03. The van der Waals surface area contributed by atoms with Gasteiger partial charge in [0.2, 0.25) is 0 Å². The molecule has 0 aliphatic rings. The SMILES string of the molecule is CCOC(=O)C[C@@H](CCCOCc1ccccc1)N(CC(=O)N(C)OC)C(=O)OC(C)(C)C. The molecule has 1 aromatic rings. The van der Waals surface area contributed by atoms with Gasteiger partial charge in [0.25, 0.3) is 5.91 Å². The van der Waals surface area contributed by atoms with Gasteiger partial charge in [0.15, 0.2) is 0 Å². The van der Waals surface area contributed by atoms with Gasteiger partial charge >= 0.3 is 12.1 Å². The molecule has 0 saturated carbocycles. The van der Waals surface area contributed by atoms with Crippen LogP contribution < -0.4 is 0 Å². The van der Waals surface area contributed by atoms with Crippen molar-refractivity contribution in [3.63, 3.8) is 0 Å². The average Bonchev–Trinajstić information content (AvgIpc) is 2.75. The van der Waals surface area contributed by atoms with E-state index >= 15 is 0 Å². The number of amides is 2. The van der Waals surface area contributed by atoms with Crippen LogP contribution in [0.2, 0.25) is 0 Å². The monoisotopic (exact) mass is 466 g/mol. The Balaban J connectivity index is 2.90. The molecule has 0 spiro atoms. The van der Waals surface area contributed by atoms with Gasteiger partial charge in [-0.2, -0.15) is 0 Å². The second-order valence-electron chi connectivity index (χ2n) is 8.53. The van der Waals surface area contributed by atoms with Gasteiger partial charge in [-0.25, -0.2) is 9.86 Å². The maximum atomic E-state index is 13.0. The summed E-state index contributed by atoms with van der Waals surface area (Å²) in [6.07, 6.45) is 0.261. The predicted molar refractivity (Wildman–Crippen MR) is 123 cm³/mol. The highest BCUT2D eigenvalue weighted by molar-refractivity contribution is 5.82. The fourth-order valence-electron chi connectivity index (χ4n) is 2.98. The summed E-state index contributed by atoms with van der Waals surface area (Å²) in [5.41, 5.74) is 0.294. The summed E-state index contributed by atoms with van der Waals surface area (Å²) in [6.45, 7) is 7.77. The Bertz CT molecular complexity index is 734. The van der Waals surface area contributed by atoms with Crippen molar-refractivity contribution in [1.29, 1.82) is 0 Å².